The van der Waals surface area contributed by atoms with Gasteiger partial charge < -0.3 is 4.90 Å². The van der Waals surface area contributed by atoms with Crippen molar-refractivity contribution in [2.45, 2.75) is 6.42 Å². The Balaban J connectivity index is 1.62. The molecule has 2 aromatic carbocycles. The zero-order chi connectivity index (χ0) is 16.3. The molecule has 0 aliphatic carbocycles. The molecule has 0 radical (unpaired) electrons. The summed E-state index contributed by atoms with van der Waals surface area (Å²) in [5.74, 6) is 0. The average molecular weight is 333 g/mol. The molecule has 1 saturated heterocycles. The molecule has 0 aromatic heterocycles. The van der Waals surface area contributed by atoms with Gasteiger partial charge in [0.2, 0.25) is 0 Å². The Bertz CT molecular complexity index is 763. The lowest BCUT2D eigenvalue weighted by Gasteiger charge is -2.31. The van der Waals surface area contributed by atoms with Crippen LogP contribution in [0.25, 0.3) is 10.8 Å². The van der Waals surface area contributed by atoms with Crippen LogP contribution in [0.1, 0.15) is 5.56 Å². The summed E-state index contributed by atoms with van der Waals surface area (Å²) in [5.41, 5.74) is 1.17. The van der Waals surface area contributed by atoms with Gasteiger partial charge in [0, 0.05) is 32.7 Å². The van der Waals surface area contributed by atoms with Gasteiger partial charge in [-0.25, -0.2) is 4.72 Å². The van der Waals surface area contributed by atoms with Crippen molar-refractivity contribution in [3.63, 3.8) is 0 Å². The van der Waals surface area contributed by atoms with E-state index in [1.807, 2.05) is 25.2 Å². The van der Waals surface area contributed by atoms with Crippen LogP contribution >= 0.6 is 0 Å². The Kier molecular flexibility index (Phi) is 4.96. The van der Waals surface area contributed by atoms with Crippen molar-refractivity contribution in [3.8, 4) is 0 Å². The highest BCUT2D eigenvalue weighted by molar-refractivity contribution is 7.87. The van der Waals surface area contributed by atoms with Gasteiger partial charge in [0.15, 0.2) is 0 Å². The van der Waals surface area contributed by atoms with Crippen LogP contribution in [0.3, 0.4) is 0 Å². The molecule has 0 amide bonds. The lowest BCUT2D eigenvalue weighted by Crippen LogP contribution is -2.51. The summed E-state index contributed by atoms with van der Waals surface area (Å²) >= 11 is 0. The van der Waals surface area contributed by atoms with E-state index in [4.69, 9.17) is 0 Å². The molecule has 3 rings (SSSR count). The molecule has 1 fully saturated rings. The van der Waals surface area contributed by atoms with Crippen molar-refractivity contribution in [2.24, 2.45) is 0 Å². The highest BCUT2D eigenvalue weighted by Gasteiger charge is 2.24. The van der Waals surface area contributed by atoms with Crippen molar-refractivity contribution in [1.82, 2.24) is 13.9 Å². The molecule has 1 aliphatic heterocycles. The minimum atomic E-state index is -3.37. The molecule has 1 N–H and O–H groups in total. The molecule has 124 valence electrons. The second-order valence-corrected chi connectivity index (χ2v) is 7.75. The Labute approximate surface area is 138 Å². The van der Waals surface area contributed by atoms with Crippen LogP contribution in [0.4, 0.5) is 0 Å². The first-order chi connectivity index (χ1) is 11.1. The number of hydrogen-bond acceptors (Lipinski definition) is 3. The highest BCUT2D eigenvalue weighted by atomic mass is 32.2. The number of hydrogen-bond donors (Lipinski definition) is 1. The quantitative estimate of drug-likeness (QED) is 0.901. The van der Waals surface area contributed by atoms with Gasteiger partial charge in [0.25, 0.3) is 10.2 Å². The Morgan fingerprint density at radius 1 is 1.00 bits per heavy atom. The molecule has 5 nitrogen and oxygen atoms in total. The van der Waals surface area contributed by atoms with Crippen LogP contribution < -0.4 is 4.72 Å². The van der Waals surface area contributed by atoms with E-state index in [1.54, 1.807) is 0 Å². The maximum atomic E-state index is 12.3. The minimum absolute atomic E-state index is 0.419. The van der Waals surface area contributed by atoms with Gasteiger partial charge in [-0.1, -0.05) is 42.5 Å². The molecule has 2 aromatic rings. The van der Waals surface area contributed by atoms with Crippen molar-refractivity contribution >= 4 is 21.0 Å². The molecule has 1 heterocycles. The van der Waals surface area contributed by atoms with Crippen molar-refractivity contribution < 1.29 is 8.42 Å². The average Bonchev–Trinajstić information content (AvgIpc) is 2.55. The smallest absolute Gasteiger partial charge is 0.279 e. The Morgan fingerprint density at radius 2 is 1.70 bits per heavy atom. The molecule has 6 heteroatoms. The van der Waals surface area contributed by atoms with Gasteiger partial charge in [-0.15, -0.1) is 0 Å². The summed E-state index contributed by atoms with van der Waals surface area (Å²) in [6.07, 6.45) is 0.689. The summed E-state index contributed by atoms with van der Waals surface area (Å²) in [6.45, 7) is 3.09. The summed E-state index contributed by atoms with van der Waals surface area (Å²) in [4.78, 5) is 2.14. The van der Waals surface area contributed by atoms with E-state index in [-0.39, 0.29) is 0 Å². The first-order valence-electron chi connectivity index (χ1n) is 7.96. The normalized spacial score (nSPS) is 17.6. The molecular weight excluding hydrogens is 310 g/mol. The number of piperazine rings is 1. The van der Waals surface area contributed by atoms with E-state index >= 15 is 0 Å². The van der Waals surface area contributed by atoms with Crippen LogP contribution in [0.2, 0.25) is 0 Å². The third kappa shape index (κ3) is 3.90. The zero-order valence-corrected chi connectivity index (χ0v) is 14.2. The molecule has 1 aliphatic rings. The van der Waals surface area contributed by atoms with Crippen LogP contribution in [-0.2, 0) is 16.6 Å². The van der Waals surface area contributed by atoms with Crippen LogP contribution in [0.15, 0.2) is 42.5 Å². The van der Waals surface area contributed by atoms with Crippen LogP contribution in [0.5, 0.6) is 0 Å². The van der Waals surface area contributed by atoms with E-state index in [9.17, 15) is 8.42 Å². The second kappa shape index (κ2) is 6.97. The fraction of sp³-hybridized carbons (Fsp3) is 0.412. The Hall–Kier alpha value is -1.47. The summed E-state index contributed by atoms with van der Waals surface area (Å²) in [5, 5.41) is 2.38. The fourth-order valence-corrected chi connectivity index (χ4v) is 4.13. The van der Waals surface area contributed by atoms with Gasteiger partial charge in [0.1, 0.15) is 0 Å². The van der Waals surface area contributed by atoms with E-state index in [0.717, 1.165) is 13.1 Å². The summed E-state index contributed by atoms with van der Waals surface area (Å²) in [6, 6.07) is 14.3. The van der Waals surface area contributed by atoms with Crippen LogP contribution in [-0.4, -0.2) is 57.4 Å². The maximum Gasteiger partial charge on any atom is 0.279 e. The van der Waals surface area contributed by atoms with Gasteiger partial charge in [-0.2, -0.15) is 12.7 Å². The maximum absolute atomic E-state index is 12.3. The third-order valence-electron chi connectivity index (χ3n) is 4.36. The third-order valence-corrected chi connectivity index (χ3v) is 5.97. The van der Waals surface area contributed by atoms with Gasteiger partial charge in [-0.3, -0.25) is 0 Å². The first kappa shape index (κ1) is 16.4. The number of fused-ring (bicyclic) bond motifs is 1. The van der Waals surface area contributed by atoms with Gasteiger partial charge >= 0.3 is 0 Å². The second-order valence-electron chi connectivity index (χ2n) is 5.99. The van der Waals surface area contributed by atoms with Gasteiger partial charge in [0.05, 0.1) is 0 Å². The Morgan fingerprint density at radius 3 is 2.48 bits per heavy atom. The predicted octanol–water partition coefficient (Wildman–Crippen LogP) is 1.46. The number of benzene rings is 2. The SMILES string of the molecule is CN1CCN(S(=O)(=O)NCCc2cccc3ccccc23)CC1. The first-order valence-corrected chi connectivity index (χ1v) is 9.40. The van der Waals surface area contributed by atoms with Crippen LogP contribution in [0, 0.1) is 0 Å². The highest BCUT2D eigenvalue weighted by Crippen LogP contribution is 2.18. The molecular formula is C17H23N3O2S. The number of nitrogens with zero attached hydrogens (tertiary/aromatic N) is 2. The number of rotatable bonds is 5. The monoisotopic (exact) mass is 333 g/mol. The lowest BCUT2D eigenvalue weighted by atomic mass is 10.0. The largest absolute Gasteiger partial charge is 0.304 e. The molecule has 0 spiro atoms. The van der Waals surface area contributed by atoms with Crippen molar-refractivity contribution in [2.75, 3.05) is 39.8 Å². The van der Waals surface area contributed by atoms with E-state index in [2.05, 4.69) is 33.9 Å². The van der Waals surface area contributed by atoms with Gasteiger partial charge in [-0.05, 0) is 29.8 Å². The molecule has 0 bridgehead atoms. The molecule has 0 unspecified atom stereocenters. The van der Waals surface area contributed by atoms with E-state index in [0.29, 0.717) is 26.1 Å². The standard InChI is InChI=1S/C17H23N3O2S/c1-19-11-13-20(14-12-19)23(21,22)18-10-9-16-7-4-6-15-5-2-3-8-17(15)16/h2-8,18H,9-14H2,1H3. The molecule has 0 saturated carbocycles. The number of nitrogens with one attached hydrogen (secondary N) is 1. The fourth-order valence-electron chi connectivity index (χ4n) is 2.94. The van der Waals surface area contributed by atoms with E-state index < -0.39 is 10.2 Å². The topological polar surface area (TPSA) is 52.7 Å². The number of likely N-dealkylation sites (N-methyl/N-ethyl adjacent to an activating group) is 1. The van der Waals surface area contributed by atoms with E-state index in [1.165, 1.54) is 20.6 Å². The van der Waals surface area contributed by atoms with Crippen molar-refractivity contribution in [3.05, 3.63) is 48.0 Å². The molecule has 23 heavy (non-hydrogen) atoms. The van der Waals surface area contributed by atoms with Crippen molar-refractivity contribution in [1.29, 1.82) is 0 Å². The summed E-state index contributed by atoms with van der Waals surface area (Å²) < 4.78 is 29.0. The zero-order valence-electron chi connectivity index (χ0n) is 13.4. The minimum Gasteiger partial charge on any atom is -0.304 e. The molecule has 0 atom stereocenters. The summed E-state index contributed by atoms with van der Waals surface area (Å²) in [7, 11) is -1.36. The predicted molar refractivity (Wildman–Crippen MR) is 93.6 cm³/mol. The lowest BCUT2D eigenvalue weighted by molar-refractivity contribution is 0.221.